The number of likely N-dealkylation sites (tertiary alicyclic amines) is 1. The van der Waals surface area contributed by atoms with E-state index in [1.807, 2.05) is 47.6 Å². The minimum absolute atomic E-state index is 0.130. The number of pyridine rings is 1. The molecule has 0 radical (unpaired) electrons. The van der Waals surface area contributed by atoms with Gasteiger partial charge >= 0.3 is 0 Å². The number of ether oxygens (including phenoxy) is 3. The Balaban J connectivity index is 0.940. The molecule has 39 heavy (non-hydrogen) atoms. The van der Waals surface area contributed by atoms with Gasteiger partial charge in [0.25, 0.3) is 0 Å². The van der Waals surface area contributed by atoms with Gasteiger partial charge in [-0.25, -0.2) is 0 Å². The molecule has 1 amide bonds. The Morgan fingerprint density at radius 2 is 1.56 bits per heavy atom. The normalized spacial score (nSPS) is 18.3. The fourth-order valence-corrected chi connectivity index (χ4v) is 5.58. The second kappa shape index (κ2) is 12.1. The predicted molar refractivity (Wildman–Crippen MR) is 148 cm³/mol. The number of hydrogen-bond acceptors (Lipinski definition) is 7. The third kappa shape index (κ3) is 6.69. The molecule has 0 unspecified atom stereocenters. The summed E-state index contributed by atoms with van der Waals surface area (Å²) in [6.07, 6.45) is 5.98. The van der Waals surface area contributed by atoms with Crippen molar-refractivity contribution in [2.45, 2.75) is 38.5 Å². The summed E-state index contributed by atoms with van der Waals surface area (Å²) in [6, 6.07) is 18.4. The van der Waals surface area contributed by atoms with Gasteiger partial charge in [0.2, 0.25) is 12.7 Å². The second-order valence-corrected chi connectivity index (χ2v) is 10.6. The summed E-state index contributed by atoms with van der Waals surface area (Å²) < 4.78 is 17.2. The summed E-state index contributed by atoms with van der Waals surface area (Å²) >= 11 is 0. The Labute approximate surface area is 230 Å². The lowest BCUT2D eigenvalue weighted by Crippen LogP contribution is -2.45. The maximum Gasteiger partial charge on any atom is 0.231 e. The Hall–Kier alpha value is -3.62. The lowest BCUT2D eigenvalue weighted by molar-refractivity contribution is -0.132. The van der Waals surface area contributed by atoms with Crippen LogP contribution in [-0.2, 0) is 24.3 Å². The van der Waals surface area contributed by atoms with Crippen LogP contribution in [0.1, 0.15) is 29.5 Å². The molecular weight excluding hydrogens is 492 g/mol. The molecule has 0 atom stereocenters. The molecule has 8 nitrogen and oxygen atoms in total. The van der Waals surface area contributed by atoms with Crippen molar-refractivity contribution in [1.29, 1.82) is 0 Å². The van der Waals surface area contributed by atoms with E-state index < -0.39 is 0 Å². The fraction of sp³-hybridized carbons (Fsp3) is 0.419. The van der Waals surface area contributed by atoms with Gasteiger partial charge in [0, 0.05) is 77.6 Å². The van der Waals surface area contributed by atoms with Crippen molar-refractivity contribution < 1.29 is 19.0 Å². The van der Waals surface area contributed by atoms with Crippen molar-refractivity contribution >= 4 is 5.91 Å². The summed E-state index contributed by atoms with van der Waals surface area (Å²) in [4.78, 5) is 24.1. The van der Waals surface area contributed by atoms with E-state index in [-0.39, 0.29) is 18.8 Å². The first-order valence-corrected chi connectivity index (χ1v) is 13.9. The molecule has 6 rings (SSSR count). The van der Waals surface area contributed by atoms with Gasteiger partial charge in [-0.15, -0.1) is 0 Å². The Kier molecular flexibility index (Phi) is 7.93. The van der Waals surface area contributed by atoms with Crippen molar-refractivity contribution in [2.24, 2.45) is 0 Å². The molecule has 3 aliphatic heterocycles. The maximum atomic E-state index is 12.9. The number of piperazine rings is 1. The number of carbonyl (C=O) groups is 1. The van der Waals surface area contributed by atoms with Crippen LogP contribution in [0.2, 0.25) is 0 Å². The van der Waals surface area contributed by atoms with Crippen LogP contribution >= 0.6 is 0 Å². The van der Waals surface area contributed by atoms with E-state index in [0.717, 1.165) is 88.0 Å². The zero-order valence-corrected chi connectivity index (χ0v) is 22.3. The first-order chi connectivity index (χ1) is 19.2. The molecule has 2 fully saturated rings. The number of nitrogens with zero attached hydrogens (tertiary/aromatic N) is 4. The van der Waals surface area contributed by atoms with E-state index >= 15 is 0 Å². The van der Waals surface area contributed by atoms with Crippen LogP contribution in [0.15, 0.2) is 67.0 Å². The van der Waals surface area contributed by atoms with Crippen LogP contribution < -0.4 is 14.2 Å². The number of amides is 1. The highest BCUT2D eigenvalue weighted by Gasteiger charge is 2.25. The molecule has 8 heteroatoms. The lowest BCUT2D eigenvalue weighted by Gasteiger charge is -2.35. The molecule has 3 aromatic rings. The SMILES string of the molecule is O=C(Cc1ccc2c(c1)OCO2)N1CCC(Oc2cccc(CN3CCN(Cc4cccnc4)CC3)c2)CC1. The Morgan fingerprint density at radius 3 is 2.33 bits per heavy atom. The van der Waals surface area contributed by atoms with Crippen LogP contribution in [0, 0.1) is 0 Å². The monoisotopic (exact) mass is 528 g/mol. The first-order valence-electron chi connectivity index (χ1n) is 13.9. The third-order valence-electron chi connectivity index (χ3n) is 7.79. The number of benzene rings is 2. The standard InChI is InChI=1S/C31H36N4O4/c36-31(19-24-6-7-29-30(18-24)38-23-37-29)35-11-8-27(9-12-35)39-28-5-1-3-25(17-28)21-33-13-15-34(16-14-33)22-26-4-2-10-32-20-26/h1-7,10,17-18,20,27H,8-9,11-16,19,21-23H2. The smallest absolute Gasteiger partial charge is 0.231 e. The zero-order chi connectivity index (χ0) is 26.4. The maximum absolute atomic E-state index is 12.9. The number of rotatable bonds is 8. The zero-order valence-electron chi connectivity index (χ0n) is 22.3. The molecule has 0 aliphatic carbocycles. The average molecular weight is 529 g/mol. The van der Waals surface area contributed by atoms with Crippen molar-refractivity contribution in [3.8, 4) is 17.2 Å². The van der Waals surface area contributed by atoms with Gasteiger partial charge in [-0.3, -0.25) is 19.6 Å². The largest absolute Gasteiger partial charge is 0.490 e. The van der Waals surface area contributed by atoms with E-state index in [1.54, 1.807) is 0 Å². The summed E-state index contributed by atoms with van der Waals surface area (Å²) in [7, 11) is 0. The minimum Gasteiger partial charge on any atom is -0.490 e. The quantitative estimate of drug-likeness (QED) is 0.441. The van der Waals surface area contributed by atoms with Crippen LogP contribution in [0.25, 0.3) is 0 Å². The Morgan fingerprint density at radius 1 is 0.821 bits per heavy atom. The molecule has 0 spiro atoms. The van der Waals surface area contributed by atoms with Crippen molar-refractivity contribution in [2.75, 3.05) is 46.1 Å². The van der Waals surface area contributed by atoms with E-state index in [2.05, 4.69) is 39.0 Å². The van der Waals surface area contributed by atoms with Crippen LogP contribution in [0.5, 0.6) is 17.2 Å². The minimum atomic E-state index is 0.130. The topological polar surface area (TPSA) is 67.4 Å². The molecule has 2 saturated heterocycles. The molecule has 0 saturated carbocycles. The molecule has 0 N–H and O–H groups in total. The number of carbonyl (C=O) groups excluding carboxylic acids is 1. The first kappa shape index (κ1) is 25.6. The number of fused-ring (bicyclic) bond motifs is 1. The van der Waals surface area contributed by atoms with Gasteiger partial charge < -0.3 is 19.1 Å². The third-order valence-corrected chi connectivity index (χ3v) is 7.79. The molecule has 2 aromatic carbocycles. The second-order valence-electron chi connectivity index (χ2n) is 10.6. The summed E-state index contributed by atoms with van der Waals surface area (Å²) in [5.41, 5.74) is 3.51. The fourth-order valence-electron chi connectivity index (χ4n) is 5.58. The van der Waals surface area contributed by atoms with Crippen LogP contribution in [0.3, 0.4) is 0 Å². The van der Waals surface area contributed by atoms with Crippen LogP contribution in [-0.4, -0.2) is 77.8 Å². The van der Waals surface area contributed by atoms with Gasteiger partial charge in [0.1, 0.15) is 11.9 Å². The van der Waals surface area contributed by atoms with E-state index in [9.17, 15) is 4.79 Å². The molecular formula is C31H36N4O4. The molecule has 1 aromatic heterocycles. The lowest BCUT2D eigenvalue weighted by atomic mass is 10.1. The molecule has 0 bridgehead atoms. The molecule has 4 heterocycles. The summed E-state index contributed by atoms with van der Waals surface area (Å²) in [6.45, 7) is 7.84. The van der Waals surface area contributed by atoms with Crippen LogP contribution in [0.4, 0.5) is 0 Å². The number of aromatic nitrogens is 1. The predicted octanol–water partition coefficient (Wildman–Crippen LogP) is 3.74. The molecule has 3 aliphatic rings. The highest BCUT2D eigenvalue weighted by Crippen LogP contribution is 2.33. The van der Waals surface area contributed by atoms with E-state index in [0.29, 0.717) is 6.42 Å². The van der Waals surface area contributed by atoms with Crippen molar-refractivity contribution in [1.82, 2.24) is 19.7 Å². The summed E-state index contributed by atoms with van der Waals surface area (Å²) in [5.74, 6) is 2.54. The average Bonchev–Trinajstić information content (AvgIpc) is 3.43. The van der Waals surface area contributed by atoms with E-state index in [1.165, 1.54) is 11.1 Å². The highest BCUT2D eigenvalue weighted by atomic mass is 16.7. The number of hydrogen-bond donors (Lipinski definition) is 0. The van der Waals surface area contributed by atoms with Crippen molar-refractivity contribution in [3.63, 3.8) is 0 Å². The van der Waals surface area contributed by atoms with Gasteiger partial charge in [0.15, 0.2) is 11.5 Å². The van der Waals surface area contributed by atoms with Gasteiger partial charge in [0.05, 0.1) is 6.42 Å². The van der Waals surface area contributed by atoms with Crippen molar-refractivity contribution in [3.05, 3.63) is 83.7 Å². The van der Waals surface area contributed by atoms with E-state index in [4.69, 9.17) is 14.2 Å². The van der Waals surface area contributed by atoms with Gasteiger partial charge in [-0.1, -0.05) is 24.3 Å². The highest BCUT2D eigenvalue weighted by molar-refractivity contribution is 5.79. The summed E-state index contributed by atoms with van der Waals surface area (Å²) in [5, 5.41) is 0. The Bertz CT molecular complexity index is 1250. The van der Waals surface area contributed by atoms with Gasteiger partial charge in [-0.2, -0.15) is 0 Å². The molecule has 204 valence electrons. The number of piperidine rings is 1. The van der Waals surface area contributed by atoms with Gasteiger partial charge in [-0.05, 0) is 47.0 Å².